The molecule has 84 valence electrons. The van der Waals surface area contributed by atoms with Crippen molar-refractivity contribution in [2.24, 2.45) is 7.05 Å². The van der Waals surface area contributed by atoms with E-state index in [9.17, 15) is 0 Å². The van der Waals surface area contributed by atoms with E-state index >= 15 is 0 Å². The van der Waals surface area contributed by atoms with Crippen molar-refractivity contribution in [1.29, 1.82) is 0 Å². The Kier molecular flexibility index (Phi) is 2.82. The van der Waals surface area contributed by atoms with Crippen molar-refractivity contribution in [3.05, 3.63) is 22.9 Å². The van der Waals surface area contributed by atoms with Gasteiger partial charge in [-0.15, -0.1) is 0 Å². The van der Waals surface area contributed by atoms with Crippen LogP contribution in [0.1, 0.15) is 0 Å². The number of hydrogen-bond acceptors (Lipinski definition) is 4. The third-order valence-electron chi connectivity index (χ3n) is 2.26. The third kappa shape index (κ3) is 1.76. The fraction of sp³-hybridized carbons (Fsp3) is 0.200. The highest BCUT2D eigenvalue weighted by atomic mass is 79.9. The van der Waals surface area contributed by atoms with Gasteiger partial charge in [-0.3, -0.25) is 9.67 Å². The second-order valence-electron chi connectivity index (χ2n) is 3.28. The smallest absolute Gasteiger partial charge is 0.147 e. The van der Waals surface area contributed by atoms with Crippen LogP contribution in [0.4, 0.5) is 5.82 Å². The molecule has 0 saturated heterocycles. The Morgan fingerprint density at radius 2 is 2.19 bits per heavy atom. The van der Waals surface area contributed by atoms with Crippen LogP contribution in [-0.4, -0.2) is 21.9 Å². The zero-order chi connectivity index (χ0) is 11.7. The van der Waals surface area contributed by atoms with Gasteiger partial charge in [-0.2, -0.15) is 5.10 Å². The number of anilines is 1. The molecule has 2 aromatic rings. The van der Waals surface area contributed by atoms with E-state index < -0.39 is 0 Å². The van der Waals surface area contributed by atoms with Crippen LogP contribution in [-0.2, 0) is 7.05 Å². The van der Waals surface area contributed by atoms with Gasteiger partial charge in [0.2, 0.25) is 0 Å². The molecule has 0 atom stereocenters. The summed E-state index contributed by atoms with van der Waals surface area (Å²) in [5, 5.41) is 4.30. The van der Waals surface area contributed by atoms with Crippen LogP contribution in [0.5, 0.6) is 5.75 Å². The summed E-state index contributed by atoms with van der Waals surface area (Å²) in [6, 6.07) is 1.79. The third-order valence-corrected chi connectivity index (χ3v) is 2.86. The van der Waals surface area contributed by atoms with E-state index in [4.69, 9.17) is 10.5 Å². The second kappa shape index (κ2) is 4.13. The normalized spacial score (nSPS) is 10.4. The molecule has 2 N–H and O–H groups in total. The highest BCUT2D eigenvalue weighted by molar-refractivity contribution is 9.10. The van der Waals surface area contributed by atoms with Gasteiger partial charge in [0.15, 0.2) is 0 Å². The quantitative estimate of drug-likeness (QED) is 0.913. The molecule has 0 radical (unpaired) electrons. The molecular weight excluding hydrogens is 272 g/mol. The van der Waals surface area contributed by atoms with Crippen LogP contribution in [0.15, 0.2) is 22.9 Å². The summed E-state index contributed by atoms with van der Waals surface area (Å²) in [4.78, 5) is 4.03. The van der Waals surface area contributed by atoms with Crippen molar-refractivity contribution in [1.82, 2.24) is 14.8 Å². The van der Waals surface area contributed by atoms with Crippen LogP contribution in [0.2, 0.25) is 0 Å². The lowest BCUT2D eigenvalue weighted by atomic mass is 10.2. The monoisotopic (exact) mass is 282 g/mol. The van der Waals surface area contributed by atoms with Crippen molar-refractivity contribution in [3.8, 4) is 17.0 Å². The summed E-state index contributed by atoms with van der Waals surface area (Å²) >= 11 is 3.43. The van der Waals surface area contributed by atoms with Gasteiger partial charge in [0.1, 0.15) is 11.6 Å². The van der Waals surface area contributed by atoms with E-state index in [2.05, 4.69) is 26.0 Å². The maximum atomic E-state index is 5.75. The molecule has 0 saturated carbocycles. The topological polar surface area (TPSA) is 66.0 Å². The van der Waals surface area contributed by atoms with Crippen molar-refractivity contribution >= 4 is 21.7 Å². The lowest BCUT2D eigenvalue weighted by Gasteiger charge is -2.06. The SMILES string of the molecule is COc1cncc(Br)c1-c1cc(N)n(C)n1. The predicted molar refractivity (Wildman–Crippen MR) is 65.1 cm³/mol. The molecule has 2 heterocycles. The molecule has 2 aromatic heterocycles. The first-order valence-corrected chi connectivity index (χ1v) is 5.40. The largest absolute Gasteiger partial charge is 0.494 e. The van der Waals surface area contributed by atoms with E-state index in [1.54, 1.807) is 37.3 Å². The maximum absolute atomic E-state index is 5.75. The van der Waals surface area contributed by atoms with E-state index in [1.165, 1.54) is 0 Å². The van der Waals surface area contributed by atoms with Crippen molar-refractivity contribution in [2.75, 3.05) is 12.8 Å². The first-order chi connectivity index (χ1) is 7.63. The molecule has 0 aromatic carbocycles. The molecule has 2 rings (SSSR count). The van der Waals surface area contributed by atoms with E-state index in [0.717, 1.165) is 15.7 Å². The fourth-order valence-electron chi connectivity index (χ4n) is 1.42. The van der Waals surface area contributed by atoms with Crippen molar-refractivity contribution in [2.45, 2.75) is 0 Å². The number of methoxy groups -OCH3 is 1. The number of nitrogens with two attached hydrogens (primary N) is 1. The van der Waals surface area contributed by atoms with Crippen LogP contribution >= 0.6 is 15.9 Å². The Hall–Kier alpha value is -1.56. The molecule has 5 nitrogen and oxygen atoms in total. The van der Waals surface area contributed by atoms with Gasteiger partial charge in [-0.25, -0.2) is 0 Å². The van der Waals surface area contributed by atoms with E-state index in [1.807, 2.05) is 0 Å². The first-order valence-electron chi connectivity index (χ1n) is 4.61. The number of aryl methyl sites for hydroxylation is 1. The van der Waals surface area contributed by atoms with Gasteiger partial charge >= 0.3 is 0 Å². The maximum Gasteiger partial charge on any atom is 0.147 e. The molecule has 0 aliphatic heterocycles. The average Bonchev–Trinajstić information content (AvgIpc) is 2.58. The molecule has 0 unspecified atom stereocenters. The minimum absolute atomic E-state index is 0.598. The molecular formula is C10H11BrN4O. The van der Waals surface area contributed by atoms with E-state index in [0.29, 0.717) is 11.6 Å². The van der Waals surface area contributed by atoms with Crippen LogP contribution in [0.25, 0.3) is 11.3 Å². The molecule has 0 fully saturated rings. The lowest BCUT2D eigenvalue weighted by Crippen LogP contribution is -1.97. The van der Waals surface area contributed by atoms with Crippen LogP contribution in [0, 0.1) is 0 Å². The molecule has 16 heavy (non-hydrogen) atoms. The first kappa shape index (κ1) is 10.9. The molecule has 0 aliphatic rings. The summed E-state index contributed by atoms with van der Waals surface area (Å²) in [7, 11) is 3.39. The zero-order valence-corrected chi connectivity index (χ0v) is 10.5. The fourth-order valence-corrected chi connectivity index (χ4v) is 1.94. The molecule has 0 bridgehead atoms. The van der Waals surface area contributed by atoms with Crippen molar-refractivity contribution in [3.63, 3.8) is 0 Å². The van der Waals surface area contributed by atoms with Gasteiger partial charge in [0, 0.05) is 23.8 Å². The highest BCUT2D eigenvalue weighted by Gasteiger charge is 2.14. The molecule has 0 spiro atoms. The van der Waals surface area contributed by atoms with Gasteiger partial charge < -0.3 is 10.5 Å². The number of rotatable bonds is 2. The molecule has 6 heteroatoms. The number of aromatic nitrogens is 3. The van der Waals surface area contributed by atoms with Crippen LogP contribution < -0.4 is 10.5 Å². The lowest BCUT2D eigenvalue weighted by molar-refractivity contribution is 0.414. The van der Waals surface area contributed by atoms with Crippen molar-refractivity contribution < 1.29 is 4.74 Å². The number of halogens is 1. The summed E-state index contributed by atoms with van der Waals surface area (Å²) in [5.41, 5.74) is 7.36. The Balaban J connectivity index is 2.62. The van der Waals surface area contributed by atoms with E-state index in [-0.39, 0.29) is 0 Å². The zero-order valence-electron chi connectivity index (χ0n) is 8.94. The van der Waals surface area contributed by atoms with Gasteiger partial charge in [0.05, 0.1) is 24.6 Å². The Bertz CT molecular complexity index is 504. The van der Waals surface area contributed by atoms with Gasteiger partial charge in [-0.1, -0.05) is 0 Å². The molecule has 0 aliphatic carbocycles. The standard InChI is InChI=1S/C10H11BrN4O/c1-15-9(12)3-7(14-15)10-6(11)4-13-5-8(10)16-2/h3-5H,12H2,1-2H3. The summed E-state index contributed by atoms with van der Waals surface area (Å²) < 4.78 is 7.68. The van der Waals surface area contributed by atoms with Crippen LogP contribution in [0.3, 0.4) is 0 Å². The van der Waals surface area contributed by atoms with Gasteiger partial charge in [-0.05, 0) is 15.9 Å². The Morgan fingerprint density at radius 3 is 2.75 bits per heavy atom. The summed E-state index contributed by atoms with van der Waals surface area (Å²) in [6.45, 7) is 0. The average molecular weight is 283 g/mol. The summed E-state index contributed by atoms with van der Waals surface area (Å²) in [6.07, 6.45) is 3.34. The number of nitrogen functional groups attached to an aromatic ring is 1. The summed E-state index contributed by atoms with van der Waals surface area (Å²) in [5.74, 6) is 1.26. The number of pyridine rings is 1. The number of nitrogens with zero attached hydrogens (tertiary/aromatic N) is 3. The number of ether oxygens (including phenoxy) is 1. The Morgan fingerprint density at radius 1 is 1.44 bits per heavy atom. The second-order valence-corrected chi connectivity index (χ2v) is 4.13. The predicted octanol–water partition coefficient (Wildman–Crippen LogP) is 1.84. The highest BCUT2D eigenvalue weighted by Crippen LogP contribution is 2.35. The number of hydrogen-bond donors (Lipinski definition) is 1. The Labute approximate surface area is 101 Å². The minimum Gasteiger partial charge on any atom is -0.494 e. The minimum atomic E-state index is 0.598. The van der Waals surface area contributed by atoms with Gasteiger partial charge in [0.25, 0.3) is 0 Å². The molecule has 0 amide bonds.